The van der Waals surface area contributed by atoms with Crippen molar-refractivity contribution < 1.29 is 4.39 Å². The summed E-state index contributed by atoms with van der Waals surface area (Å²) in [4.78, 5) is 4.33. The third-order valence-electron chi connectivity index (χ3n) is 3.30. The van der Waals surface area contributed by atoms with Gasteiger partial charge in [0.25, 0.3) is 0 Å². The summed E-state index contributed by atoms with van der Waals surface area (Å²) in [5, 5.41) is 0.603. The van der Waals surface area contributed by atoms with E-state index in [4.69, 9.17) is 5.73 Å². The molecule has 0 spiro atoms. The van der Waals surface area contributed by atoms with Crippen LogP contribution in [0.1, 0.15) is 5.56 Å². The number of fused-ring (bicyclic) bond motifs is 1. The van der Waals surface area contributed by atoms with Gasteiger partial charge in [-0.25, -0.2) is 4.39 Å². The van der Waals surface area contributed by atoms with Crippen LogP contribution in [0.25, 0.3) is 22.2 Å². The lowest BCUT2D eigenvalue weighted by Gasteiger charge is -2.02. The molecule has 0 bridgehead atoms. The highest BCUT2D eigenvalue weighted by atomic mass is 19.1. The van der Waals surface area contributed by atoms with Gasteiger partial charge >= 0.3 is 0 Å². The van der Waals surface area contributed by atoms with Crippen molar-refractivity contribution in [2.24, 2.45) is 12.8 Å². The molecule has 2 N–H and O–H groups in total. The van der Waals surface area contributed by atoms with E-state index in [1.54, 1.807) is 12.3 Å². The van der Waals surface area contributed by atoms with Gasteiger partial charge in [-0.1, -0.05) is 6.07 Å². The summed E-state index contributed by atoms with van der Waals surface area (Å²) in [5.41, 5.74) is 9.02. The van der Waals surface area contributed by atoms with Crippen LogP contribution in [0.5, 0.6) is 0 Å². The minimum Gasteiger partial charge on any atom is -0.350 e. The average Bonchev–Trinajstić information content (AvgIpc) is 2.78. The zero-order chi connectivity index (χ0) is 13.4. The van der Waals surface area contributed by atoms with E-state index in [2.05, 4.69) is 4.98 Å². The molecule has 3 aromatic rings. The maximum atomic E-state index is 14.1. The normalized spacial score (nSPS) is 11.1. The third-order valence-corrected chi connectivity index (χ3v) is 3.30. The smallest absolute Gasteiger partial charge is 0.133 e. The molecule has 2 heterocycles. The molecular weight excluding hydrogens is 241 g/mol. The summed E-state index contributed by atoms with van der Waals surface area (Å²) in [6, 6.07) is 8.85. The lowest BCUT2D eigenvalue weighted by atomic mass is 10.1. The Morgan fingerprint density at radius 2 is 2.16 bits per heavy atom. The van der Waals surface area contributed by atoms with Crippen molar-refractivity contribution in [2.75, 3.05) is 0 Å². The first-order valence-corrected chi connectivity index (χ1v) is 6.09. The van der Waals surface area contributed by atoms with E-state index in [0.29, 0.717) is 11.9 Å². The lowest BCUT2D eigenvalue weighted by molar-refractivity contribution is 0.640. The summed E-state index contributed by atoms with van der Waals surface area (Å²) in [7, 11) is 1.90. The molecule has 0 saturated heterocycles. The fourth-order valence-electron chi connectivity index (χ4n) is 2.34. The van der Waals surface area contributed by atoms with Gasteiger partial charge in [0.1, 0.15) is 5.82 Å². The van der Waals surface area contributed by atoms with Gasteiger partial charge in [0.15, 0.2) is 0 Å². The number of rotatable bonds is 2. The minimum absolute atomic E-state index is 0.229. The quantitative estimate of drug-likeness (QED) is 0.765. The number of benzene rings is 1. The number of nitrogens with zero attached hydrogens (tertiary/aromatic N) is 2. The number of hydrogen-bond donors (Lipinski definition) is 1. The van der Waals surface area contributed by atoms with Crippen LogP contribution < -0.4 is 5.73 Å². The van der Waals surface area contributed by atoms with Crippen LogP contribution in [-0.4, -0.2) is 9.55 Å². The zero-order valence-electron chi connectivity index (χ0n) is 10.6. The fourth-order valence-corrected chi connectivity index (χ4v) is 2.34. The van der Waals surface area contributed by atoms with E-state index in [-0.39, 0.29) is 5.82 Å². The monoisotopic (exact) mass is 255 g/mol. The first-order valence-electron chi connectivity index (χ1n) is 6.09. The van der Waals surface area contributed by atoms with Gasteiger partial charge in [-0.3, -0.25) is 4.98 Å². The molecule has 1 aromatic carbocycles. The number of hydrogen-bond acceptors (Lipinski definition) is 2. The molecule has 0 saturated carbocycles. The fraction of sp³-hybridized carbons (Fsp3) is 0.133. The summed E-state index contributed by atoms with van der Waals surface area (Å²) in [5.74, 6) is -0.229. The summed E-state index contributed by atoms with van der Waals surface area (Å²) in [6.07, 6.45) is 3.60. The second kappa shape index (κ2) is 4.48. The standard InChI is InChI=1S/C15H14FN3/c1-19-9-11(13-7-10(8-17)5-6-18-13)15-12(16)3-2-4-14(15)19/h2-7,9H,8,17H2,1H3. The van der Waals surface area contributed by atoms with Gasteiger partial charge in [-0.2, -0.15) is 0 Å². The Morgan fingerprint density at radius 1 is 1.32 bits per heavy atom. The molecular formula is C15H14FN3. The molecule has 4 heteroatoms. The number of pyridine rings is 1. The van der Waals surface area contributed by atoms with Gasteiger partial charge in [-0.05, 0) is 29.8 Å². The molecule has 96 valence electrons. The second-order valence-corrected chi connectivity index (χ2v) is 4.54. The SMILES string of the molecule is Cn1cc(-c2cc(CN)ccn2)c2c(F)cccc21. The minimum atomic E-state index is -0.229. The van der Waals surface area contributed by atoms with Crippen molar-refractivity contribution in [3.8, 4) is 11.3 Å². The maximum absolute atomic E-state index is 14.1. The Balaban J connectivity index is 2.30. The number of nitrogens with two attached hydrogens (primary N) is 1. The first-order chi connectivity index (χ1) is 9.20. The van der Waals surface area contributed by atoms with Crippen LogP contribution in [0, 0.1) is 5.82 Å². The Labute approximate surface area is 110 Å². The molecule has 0 amide bonds. The Bertz CT molecular complexity index is 746. The molecule has 19 heavy (non-hydrogen) atoms. The molecule has 0 unspecified atom stereocenters. The second-order valence-electron chi connectivity index (χ2n) is 4.54. The van der Waals surface area contributed by atoms with Gasteiger partial charge in [0.2, 0.25) is 0 Å². The van der Waals surface area contributed by atoms with E-state index in [1.807, 2.05) is 36.0 Å². The van der Waals surface area contributed by atoms with Crippen molar-refractivity contribution in [1.29, 1.82) is 0 Å². The largest absolute Gasteiger partial charge is 0.350 e. The van der Waals surface area contributed by atoms with Crippen molar-refractivity contribution in [2.45, 2.75) is 6.54 Å². The molecule has 0 aliphatic carbocycles. The van der Waals surface area contributed by atoms with Crippen molar-refractivity contribution in [3.05, 3.63) is 54.1 Å². The molecule has 0 radical (unpaired) electrons. The molecule has 0 aliphatic rings. The first kappa shape index (κ1) is 11.9. The Hall–Kier alpha value is -2.20. The van der Waals surface area contributed by atoms with Crippen LogP contribution in [0.2, 0.25) is 0 Å². The van der Waals surface area contributed by atoms with Crippen molar-refractivity contribution in [1.82, 2.24) is 9.55 Å². The Kier molecular flexibility index (Phi) is 2.80. The summed E-state index contributed by atoms with van der Waals surface area (Å²) < 4.78 is 16.0. The number of halogens is 1. The third kappa shape index (κ3) is 1.90. The van der Waals surface area contributed by atoms with E-state index in [0.717, 1.165) is 22.3 Å². The Morgan fingerprint density at radius 3 is 2.95 bits per heavy atom. The number of aromatic nitrogens is 2. The van der Waals surface area contributed by atoms with E-state index in [1.165, 1.54) is 6.07 Å². The van der Waals surface area contributed by atoms with Gasteiger partial charge in [-0.15, -0.1) is 0 Å². The highest BCUT2D eigenvalue weighted by Gasteiger charge is 2.13. The topological polar surface area (TPSA) is 43.8 Å². The predicted octanol–water partition coefficient (Wildman–Crippen LogP) is 2.84. The van der Waals surface area contributed by atoms with Crippen molar-refractivity contribution in [3.63, 3.8) is 0 Å². The molecule has 0 aliphatic heterocycles. The van der Waals surface area contributed by atoms with E-state index < -0.39 is 0 Å². The summed E-state index contributed by atoms with van der Waals surface area (Å²) in [6.45, 7) is 0.447. The van der Waals surface area contributed by atoms with Crippen LogP contribution in [0.4, 0.5) is 4.39 Å². The van der Waals surface area contributed by atoms with E-state index >= 15 is 0 Å². The van der Waals surface area contributed by atoms with Crippen LogP contribution in [0.3, 0.4) is 0 Å². The lowest BCUT2D eigenvalue weighted by Crippen LogP contribution is -1.97. The molecule has 3 rings (SSSR count). The zero-order valence-corrected chi connectivity index (χ0v) is 10.6. The maximum Gasteiger partial charge on any atom is 0.133 e. The van der Waals surface area contributed by atoms with Crippen LogP contribution in [-0.2, 0) is 13.6 Å². The van der Waals surface area contributed by atoms with Gasteiger partial charge in [0, 0.05) is 36.9 Å². The van der Waals surface area contributed by atoms with Crippen LogP contribution >= 0.6 is 0 Å². The highest BCUT2D eigenvalue weighted by molar-refractivity contribution is 5.95. The predicted molar refractivity (Wildman–Crippen MR) is 74.0 cm³/mol. The van der Waals surface area contributed by atoms with Crippen molar-refractivity contribution >= 4 is 10.9 Å². The highest BCUT2D eigenvalue weighted by Crippen LogP contribution is 2.31. The van der Waals surface area contributed by atoms with Gasteiger partial charge < -0.3 is 10.3 Å². The van der Waals surface area contributed by atoms with Gasteiger partial charge in [0.05, 0.1) is 11.2 Å². The van der Waals surface area contributed by atoms with E-state index in [9.17, 15) is 4.39 Å². The average molecular weight is 255 g/mol. The molecule has 3 nitrogen and oxygen atoms in total. The summed E-state index contributed by atoms with van der Waals surface area (Å²) >= 11 is 0. The molecule has 0 fully saturated rings. The molecule has 0 atom stereocenters. The molecule has 2 aromatic heterocycles. The van der Waals surface area contributed by atoms with Crippen LogP contribution in [0.15, 0.2) is 42.7 Å². The number of aryl methyl sites for hydroxylation is 1.